The van der Waals surface area contributed by atoms with Crippen LogP contribution >= 0.6 is 7.14 Å². The molecule has 0 saturated heterocycles. The molecule has 0 aromatic heterocycles. The van der Waals surface area contributed by atoms with Gasteiger partial charge in [0.05, 0.1) is 0 Å². The Hall–Kier alpha value is -1.33. The second-order valence-corrected chi connectivity index (χ2v) is 10.3. The summed E-state index contributed by atoms with van der Waals surface area (Å²) in [4.78, 5) is 0. The molecule has 0 amide bonds. The largest absolute Gasteiger partial charge is 0.314 e. The van der Waals surface area contributed by atoms with Crippen LogP contribution in [-0.4, -0.2) is 6.16 Å². The van der Waals surface area contributed by atoms with Crippen LogP contribution < -0.4 is 10.6 Å². The predicted molar refractivity (Wildman–Crippen MR) is 99.7 cm³/mol. The molecular weight excluding hydrogens is 299 g/mol. The van der Waals surface area contributed by atoms with Crippen molar-refractivity contribution in [3.63, 3.8) is 0 Å². The molecule has 0 unspecified atom stereocenters. The summed E-state index contributed by atoms with van der Waals surface area (Å²) >= 11 is 0. The molecule has 120 valence electrons. The molecule has 0 N–H and O–H groups in total. The molecule has 1 heterocycles. The van der Waals surface area contributed by atoms with Gasteiger partial charge in [0.2, 0.25) is 0 Å². The second kappa shape index (κ2) is 5.64. The molecule has 2 heteroatoms. The highest BCUT2D eigenvalue weighted by atomic mass is 31.2. The van der Waals surface area contributed by atoms with Crippen molar-refractivity contribution in [2.75, 3.05) is 6.16 Å². The highest BCUT2D eigenvalue weighted by Crippen LogP contribution is 2.55. The van der Waals surface area contributed by atoms with Gasteiger partial charge in [-0.2, -0.15) is 0 Å². The first kappa shape index (κ1) is 15.2. The van der Waals surface area contributed by atoms with Crippen LogP contribution in [-0.2, 0) is 4.57 Å². The van der Waals surface area contributed by atoms with Crippen molar-refractivity contribution in [1.82, 2.24) is 0 Å². The van der Waals surface area contributed by atoms with Gasteiger partial charge >= 0.3 is 0 Å². The van der Waals surface area contributed by atoms with Crippen LogP contribution in [0.4, 0.5) is 0 Å². The Labute approximate surface area is 139 Å². The maximum absolute atomic E-state index is 14.2. The first-order valence-electron chi connectivity index (χ1n) is 8.90. The van der Waals surface area contributed by atoms with Crippen LogP contribution in [0, 0.1) is 19.8 Å². The van der Waals surface area contributed by atoms with E-state index < -0.39 is 7.14 Å². The zero-order valence-electron chi connectivity index (χ0n) is 14.1. The van der Waals surface area contributed by atoms with Crippen molar-refractivity contribution in [2.45, 2.75) is 46.0 Å². The van der Waals surface area contributed by atoms with Crippen LogP contribution in [0.15, 0.2) is 36.4 Å². The van der Waals surface area contributed by atoms with Crippen LogP contribution in [0.25, 0.3) is 11.1 Å². The highest BCUT2D eigenvalue weighted by Gasteiger charge is 2.40. The van der Waals surface area contributed by atoms with Gasteiger partial charge in [0.25, 0.3) is 0 Å². The molecule has 1 aliphatic heterocycles. The van der Waals surface area contributed by atoms with Crippen LogP contribution in [0.1, 0.15) is 43.2 Å². The standard InChI is InChI=1S/C21H25OP/c1-15-8-10-18-19-11-9-16(2)13-21(19)23(22,20(18)12-15)14-17-6-4-3-5-7-17/h8-13,17H,3-7,14H2,1-2H3. The van der Waals surface area contributed by atoms with E-state index in [1.54, 1.807) is 0 Å². The molecule has 2 aromatic carbocycles. The van der Waals surface area contributed by atoms with Gasteiger partial charge in [-0.15, -0.1) is 0 Å². The van der Waals surface area contributed by atoms with Crippen molar-refractivity contribution in [1.29, 1.82) is 0 Å². The lowest BCUT2D eigenvalue weighted by Gasteiger charge is -2.26. The molecule has 2 aromatic rings. The summed E-state index contributed by atoms with van der Waals surface area (Å²) in [7, 11) is -2.47. The zero-order chi connectivity index (χ0) is 16.0. The molecule has 1 nitrogen and oxygen atoms in total. The van der Waals surface area contributed by atoms with E-state index in [0.29, 0.717) is 5.92 Å². The van der Waals surface area contributed by atoms with Crippen LogP contribution in [0.3, 0.4) is 0 Å². The minimum absolute atomic E-state index is 0.634. The van der Waals surface area contributed by atoms with Gasteiger partial charge in [0, 0.05) is 16.8 Å². The van der Waals surface area contributed by atoms with Gasteiger partial charge in [-0.25, -0.2) is 0 Å². The fourth-order valence-electron chi connectivity index (χ4n) is 4.40. The SMILES string of the molecule is Cc1ccc2c(c1)P(=O)(CC1CCCCC1)c1cc(C)ccc1-2. The van der Waals surface area contributed by atoms with Crippen molar-refractivity contribution in [3.05, 3.63) is 47.5 Å². The summed E-state index contributed by atoms with van der Waals surface area (Å²) < 4.78 is 14.2. The Morgan fingerprint density at radius 3 is 1.91 bits per heavy atom. The number of rotatable bonds is 2. The molecule has 0 bridgehead atoms. The Bertz CT molecular complexity index is 744. The van der Waals surface area contributed by atoms with E-state index in [4.69, 9.17) is 0 Å². The number of fused-ring (bicyclic) bond motifs is 3. The van der Waals surface area contributed by atoms with E-state index in [1.807, 2.05) is 0 Å². The number of hydrogen-bond acceptors (Lipinski definition) is 1. The fourth-order valence-corrected chi connectivity index (χ4v) is 8.13. The second-order valence-electron chi connectivity index (χ2n) is 7.47. The van der Waals surface area contributed by atoms with Crippen molar-refractivity contribution in [2.24, 2.45) is 5.92 Å². The summed E-state index contributed by atoms with van der Waals surface area (Å²) in [6.07, 6.45) is 7.36. The Morgan fingerprint density at radius 1 is 0.870 bits per heavy atom. The highest BCUT2D eigenvalue weighted by molar-refractivity contribution is 7.80. The minimum Gasteiger partial charge on any atom is -0.314 e. The first-order chi connectivity index (χ1) is 11.1. The van der Waals surface area contributed by atoms with Crippen LogP contribution in [0.5, 0.6) is 0 Å². The maximum atomic E-state index is 14.2. The molecule has 2 aliphatic rings. The molecule has 4 rings (SSSR count). The molecular formula is C21H25OP. The molecule has 0 radical (unpaired) electrons. The minimum atomic E-state index is -2.47. The molecule has 0 spiro atoms. The predicted octanol–water partition coefficient (Wildman–Crippen LogP) is 5.18. The van der Waals surface area contributed by atoms with Gasteiger partial charge in [-0.1, -0.05) is 54.7 Å². The van der Waals surface area contributed by atoms with E-state index in [1.165, 1.54) is 54.4 Å². The molecule has 1 aliphatic carbocycles. The van der Waals surface area contributed by atoms with Gasteiger partial charge < -0.3 is 4.57 Å². The molecule has 1 fully saturated rings. The van der Waals surface area contributed by atoms with E-state index >= 15 is 0 Å². The fraction of sp³-hybridized carbons (Fsp3) is 0.429. The van der Waals surface area contributed by atoms with Gasteiger partial charge in [0.15, 0.2) is 0 Å². The van der Waals surface area contributed by atoms with E-state index in [9.17, 15) is 4.57 Å². The zero-order valence-corrected chi connectivity index (χ0v) is 15.0. The summed E-state index contributed by atoms with van der Waals surface area (Å²) in [5.41, 5.74) is 4.86. The Morgan fingerprint density at radius 2 is 1.39 bits per heavy atom. The van der Waals surface area contributed by atoms with Gasteiger partial charge in [-0.05, 0) is 55.9 Å². The van der Waals surface area contributed by atoms with Crippen molar-refractivity contribution in [3.8, 4) is 11.1 Å². The lowest BCUT2D eigenvalue weighted by Crippen LogP contribution is -2.20. The summed E-state index contributed by atoms with van der Waals surface area (Å²) in [6.45, 7) is 4.22. The topological polar surface area (TPSA) is 17.1 Å². The average Bonchev–Trinajstić information content (AvgIpc) is 2.77. The van der Waals surface area contributed by atoms with Crippen molar-refractivity contribution >= 4 is 17.8 Å². The van der Waals surface area contributed by atoms with E-state index in [0.717, 1.165) is 16.8 Å². The van der Waals surface area contributed by atoms with Crippen molar-refractivity contribution < 1.29 is 4.57 Å². The molecule has 23 heavy (non-hydrogen) atoms. The maximum Gasteiger partial charge on any atom is 0.144 e. The third-order valence-electron chi connectivity index (χ3n) is 5.61. The summed E-state index contributed by atoms with van der Waals surface area (Å²) in [5, 5.41) is 2.26. The third-order valence-corrected chi connectivity index (χ3v) is 8.94. The van der Waals surface area contributed by atoms with E-state index in [-0.39, 0.29) is 0 Å². The van der Waals surface area contributed by atoms with Crippen LogP contribution in [0.2, 0.25) is 0 Å². The Balaban J connectivity index is 1.86. The van der Waals surface area contributed by atoms with Gasteiger partial charge in [-0.3, -0.25) is 0 Å². The number of aryl methyl sites for hydroxylation is 2. The smallest absolute Gasteiger partial charge is 0.144 e. The summed E-state index contributed by atoms with van der Waals surface area (Å²) in [5.74, 6) is 0.634. The normalized spacial score (nSPS) is 19.4. The third kappa shape index (κ3) is 2.50. The summed E-state index contributed by atoms with van der Waals surface area (Å²) in [6, 6.07) is 13.0. The van der Waals surface area contributed by atoms with Gasteiger partial charge in [0.1, 0.15) is 7.14 Å². The Kier molecular flexibility index (Phi) is 3.73. The number of benzene rings is 2. The monoisotopic (exact) mass is 324 g/mol. The molecule has 1 saturated carbocycles. The first-order valence-corrected chi connectivity index (χ1v) is 10.8. The lowest BCUT2D eigenvalue weighted by molar-refractivity contribution is 0.386. The lowest BCUT2D eigenvalue weighted by atomic mass is 9.91. The quantitative estimate of drug-likeness (QED) is 0.696. The molecule has 0 atom stereocenters. The average molecular weight is 324 g/mol. The number of hydrogen-bond donors (Lipinski definition) is 0. The van der Waals surface area contributed by atoms with E-state index in [2.05, 4.69) is 50.2 Å².